The summed E-state index contributed by atoms with van der Waals surface area (Å²) in [5, 5.41) is 6.05. The molecule has 2 fully saturated rings. The van der Waals surface area contributed by atoms with E-state index in [0.717, 1.165) is 56.4 Å². The van der Waals surface area contributed by atoms with Gasteiger partial charge in [-0.05, 0) is 107 Å². The molecule has 8 heteroatoms. The van der Waals surface area contributed by atoms with Gasteiger partial charge in [-0.15, -0.1) is 0 Å². The van der Waals surface area contributed by atoms with Crippen LogP contribution < -0.4 is 10.6 Å². The molecule has 2 heterocycles. The van der Waals surface area contributed by atoms with Crippen molar-refractivity contribution in [2.75, 3.05) is 18.4 Å². The molecule has 0 atom stereocenters. The molecule has 5 rings (SSSR count). The second-order valence-corrected chi connectivity index (χ2v) is 11.1. The van der Waals surface area contributed by atoms with Crippen molar-refractivity contribution in [3.8, 4) is 0 Å². The Morgan fingerprint density at radius 2 is 1.71 bits per heavy atom. The number of hydrogen-bond donors (Lipinski definition) is 2. The Morgan fingerprint density at radius 1 is 1.00 bits per heavy atom. The van der Waals surface area contributed by atoms with Gasteiger partial charge in [0.15, 0.2) is 0 Å². The van der Waals surface area contributed by atoms with Crippen LogP contribution >= 0.6 is 0 Å². The Balaban J connectivity index is 1.43. The van der Waals surface area contributed by atoms with Crippen LogP contribution in [0.3, 0.4) is 0 Å². The molecule has 2 aliphatic rings. The highest BCUT2D eigenvalue weighted by Crippen LogP contribution is 2.37. The number of nitrogens with one attached hydrogen (secondary N) is 2. The second kappa shape index (κ2) is 11.6. The Bertz CT molecular complexity index is 1270. The molecule has 0 spiro atoms. The lowest BCUT2D eigenvalue weighted by molar-refractivity contribution is -0.126. The maximum absolute atomic E-state index is 13.4. The standard InChI is InChI=1S/C30H38FN5O2/c1-20(2)32-28(37)23-9-13-25(14-10-23)36-27-18-21(19-35-16-4-3-5-17-35)6-15-26(27)33-30(36)34-29(38)22-7-11-24(31)12-8-22/h6-8,11-12,15,18,20,23,25H,3-5,9-10,13-14,16-17,19H2,1-2H3,(H,32,37)(H,33,34,38)/t23-,25+. The van der Waals surface area contributed by atoms with Crippen molar-refractivity contribution < 1.29 is 14.0 Å². The zero-order chi connectivity index (χ0) is 26.6. The van der Waals surface area contributed by atoms with Crippen LogP contribution in [0.2, 0.25) is 0 Å². The molecule has 0 unspecified atom stereocenters. The molecule has 0 radical (unpaired) electrons. The fraction of sp³-hybridized carbons (Fsp3) is 0.500. The van der Waals surface area contributed by atoms with Gasteiger partial charge in [0.2, 0.25) is 11.9 Å². The van der Waals surface area contributed by atoms with Gasteiger partial charge in [0, 0.05) is 30.1 Å². The molecular weight excluding hydrogens is 481 g/mol. The number of hydrogen-bond acceptors (Lipinski definition) is 4. The summed E-state index contributed by atoms with van der Waals surface area (Å²) < 4.78 is 15.6. The average molecular weight is 520 g/mol. The Morgan fingerprint density at radius 3 is 2.39 bits per heavy atom. The highest BCUT2D eigenvalue weighted by atomic mass is 19.1. The van der Waals surface area contributed by atoms with E-state index in [0.29, 0.717) is 11.5 Å². The van der Waals surface area contributed by atoms with Gasteiger partial charge in [-0.1, -0.05) is 12.5 Å². The van der Waals surface area contributed by atoms with E-state index in [-0.39, 0.29) is 35.6 Å². The third-order valence-electron chi connectivity index (χ3n) is 7.80. The minimum Gasteiger partial charge on any atom is -0.354 e. The van der Waals surface area contributed by atoms with E-state index in [4.69, 9.17) is 4.98 Å². The number of likely N-dealkylation sites (tertiary alicyclic amines) is 1. The molecule has 7 nitrogen and oxygen atoms in total. The van der Waals surface area contributed by atoms with Gasteiger partial charge in [0.1, 0.15) is 5.82 Å². The zero-order valence-corrected chi connectivity index (χ0v) is 22.4. The van der Waals surface area contributed by atoms with Crippen molar-refractivity contribution in [2.45, 2.75) is 77.4 Å². The van der Waals surface area contributed by atoms with Crippen LogP contribution in [0.15, 0.2) is 42.5 Å². The summed E-state index contributed by atoms with van der Waals surface area (Å²) in [6.07, 6.45) is 7.04. The molecule has 2 aromatic carbocycles. The fourth-order valence-electron chi connectivity index (χ4n) is 5.84. The third-order valence-corrected chi connectivity index (χ3v) is 7.80. The van der Waals surface area contributed by atoms with Crippen LogP contribution in [0.25, 0.3) is 11.0 Å². The lowest BCUT2D eigenvalue weighted by atomic mass is 9.85. The van der Waals surface area contributed by atoms with Crippen molar-refractivity contribution in [2.24, 2.45) is 5.92 Å². The molecule has 1 aromatic heterocycles. The van der Waals surface area contributed by atoms with Gasteiger partial charge >= 0.3 is 0 Å². The smallest absolute Gasteiger partial charge is 0.257 e. The van der Waals surface area contributed by atoms with Crippen LogP contribution in [0.5, 0.6) is 0 Å². The summed E-state index contributed by atoms with van der Waals surface area (Å²) in [5.74, 6) is -0.0640. The third kappa shape index (κ3) is 6.07. The number of carbonyl (C=O) groups is 2. The average Bonchev–Trinajstić information content (AvgIpc) is 3.26. The summed E-state index contributed by atoms with van der Waals surface area (Å²) in [6, 6.07) is 12.2. The number of piperidine rings is 1. The summed E-state index contributed by atoms with van der Waals surface area (Å²) >= 11 is 0. The maximum atomic E-state index is 13.4. The number of carbonyl (C=O) groups excluding carboxylic acids is 2. The fourth-order valence-corrected chi connectivity index (χ4v) is 5.84. The van der Waals surface area contributed by atoms with E-state index < -0.39 is 0 Å². The topological polar surface area (TPSA) is 79.3 Å². The first-order valence-corrected chi connectivity index (χ1v) is 14.0. The van der Waals surface area contributed by atoms with Crippen molar-refractivity contribution in [1.29, 1.82) is 0 Å². The van der Waals surface area contributed by atoms with Gasteiger partial charge in [-0.25, -0.2) is 9.37 Å². The van der Waals surface area contributed by atoms with Crippen LogP contribution in [0, 0.1) is 11.7 Å². The van der Waals surface area contributed by atoms with E-state index in [1.165, 1.54) is 49.1 Å². The van der Waals surface area contributed by atoms with Gasteiger partial charge < -0.3 is 9.88 Å². The molecule has 3 aromatic rings. The van der Waals surface area contributed by atoms with E-state index >= 15 is 0 Å². The quantitative estimate of drug-likeness (QED) is 0.422. The summed E-state index contributed by atoms with van der Waals surface area (Å²) in [4.78, 5) is 33.0. The largest absolute Gasteiger partial charge is 0.354 e. The molecular formula is C30H38FN5O2. The summed E-state index contributed by atoms with van der Waals surface area (Å²) in [6.45, 7) is 7.12. The highest BCUT2D eigenvalue weighted by molar-refractivity contribution is 6.04. The Hall–Kier alpha value is -3.26. The highest BCUT2D eigenvalue weighted by Gasteiger charge is 2.30. The Kier molecular flexibility index (Phi) is 8.07. The van der Waals surface area contributed by atoms with Gasteiger partial charge in [-0.3, -0.25) is 19.8 Å². The number of nitrogens with zero attached hydrogens (tertiary/aromatic N) is 3. The van der Waals surface area contributed by atoms with E-state index in [1.807, 2.05) is 19.9 Å². The molecule has 202 valence electrons. The Labute approximate surface area is 223 Å². The van der Waals surface area contributed by atoms with Crippen molar-refractivity contribution in [1.82, 2.24) is 19.8 Å². The second-order valence-electron chi connectivity index (χ2n) is 11.1. The van der Waals surface area contributed by atoms with Gasteiger partial charge in [0.05, 0.1) is 11.0 Å². The van der Waals surface area contributed by atoms with Crippen LogP contribution in [-0.4, -0.2) is 45.4 Å². The number of aromatic nitrogens is 2. The van der Waals surface area contributed by atoms with Crippen LogP contribution in [0.4, 0.5) is 10.3 Å². The van der Waals surface area contributed by atoms with E-state index in [1.54, 1.807) is 0 Å². The number of rotatable bonds is 7. The van der Waals surface area contributed by atoms with E-state index in [9.17, 15) is 14.0 Å². The number of amides is 2. The molecule has 0 bridgehead atoms. The first-order valence-electron chi connectivity index (χ1n) is 14.0. The first-order chi connectivity index (χ1) is 18.4. The maximum Gasteiger partial charge on any atom is 0.257 e. The predicted molar refractivity (Wildman–Crippen MR) is 147 cm³/mol. The minimum atomic E-state index is -0.381. The predicted octanol–water partition coefficient (Wildman–Crippen LogP) is 5.67. The number of benzene rings is 2. The van der Waals surface area contributed by atoms with E-state index in [2.05, 4.69) is 32.2 Å². The van der Waals surface area contributed by atoms with Crippen molar-refractivity contribution >= 4 is 28.8 Å². The van der Waals surface area contributed by atoms with Crippen LogP contribution in [0.1, 0.15) is 80.8 Å². The lowest BCUT2D eigenvalue weighted by Gasteiger charge is -2.30. The summed E-state index contributed by atoms with van der Waals surface area (Å²) in [5.41, 5.74) is 3.46. The molecule has 1 aliphatic heterocycles. The molecule has 1 aliphatic carbocycles. The SMILES string of the molecule is CC(C)NC(=O)[C@H]1CC[C@@H](n2c(NC(=O)c3ccc(F)cc3)nc3ccc(CN4CCCCC4)cc32)CC1. The number of imidazole rings is 1. The molecule has 38 heavy (non-hydrogen) atoms. The monoisotopic (exact) mass is 519 g/mol. The van der Waals surface area contributed by atoms with Gasteiger partial charge in [-0.2, -0.15) is 0 Å². The number of anilines is 1. The van der Waals surface area contributed by atoms with Crippen molar-refractivity contribution in [3.63, 3.8) is 0 Å². The minimum absolute atomic E-state index is 0.00959. The number of halogens is 1. The zero-order valence-electron chi connectivity index (χ0n) is 22.4. The molecule has 1 saturated carbocycles. The van der Waals surface area contributed by atoms with Gasteiger partial charge in [0.25, 0.3) is 5.91 Å². The lowest BCUT2D eigenvalue weighted by Crippen LogP contribution is -2.37. The van der Waals surface area contributed by atoms with Crippen LogP contribution in [-0.2, 0) is 11.3 Å². The van der Waals surface area contributed by atoms with Crippen molar-refractivity contribution in [3.05, 3.63) is 59.4 Å². The number of fused-ring (bicyclic) bond motifs is 1. The summed E-state index contributed by atoms with van der Waals surface area (Å²) in [7, 11) is 0. The first kappa shape index (κ1) is 26.4. The molecule has 2 N–H and O–H groups in total. The normalized spacial score (nSPS) is 20.5. The molecule has 2 amide bonds. The molecule has 1 saturated heterocycles.